The lowest BCUT2D eigenvalue weighted by molar-refractivity contribution is -0.135. The molecule has 32 heavy (non-hydrogen) atoms. The number of benzene rings is 2. The number of nitrogens with zero attached hydrogens (tertiary/aromatic N) is 1. The van der Waals surface area contributed by atoms with Crippen LogP contribution in [-0.4, -0.2) is 48.9 Å². The van der Waals surface area contributed by atoms with Crippen molar-refractivity contribution in [3.05, 3.63) is 71.5 Å². The predicted octanol–water partition coefficient (Wildman–Crippen LogP) is 2.34. The fourth-order valence-corrected chi connectivity index (χ4v) is 3.82. The molecule has 0 radical (unpaired) electrons. The molecule has 1 saturated heterocycles. The molecule has 0 bridgehead atoms. The van der Waals surface area contributed by atoms with Gasteiger partial charge in [0.1, 0.15) is 11.9 Å². The van der Waals surface area contributed by atoms with Crippen molar-refractivity contribution >= 4 is 17.5 Å². The summed E-state index contributed by atoms with van der Waals surface area (Å²) in [7, 11) is 0. The SMILES string of the molecule is O=C(NCC1CCCO1)C(Cc1ccccc1)NC(=O)C1CC(c2cccc(F)c2)=NO1. The van der Waals surface area contributed by atoms with Gasteiger partial charge in [0.2, 0.25) is 12.0 Å². The molecule has 168 valence electrons. The average molecular weight is 439 g/mol. The first-order valence-electron chi connectivity index (χ1n) is 10.8. The Morgan fingerprint density at radius 1 is 1.16 bits per heavy atom. The molecule has 7 nitrogen and oxygen atoms in total. The Morgan fingerprint density at radius 3 is 2.75 bits per heavy atom. The second kappa shape index (κ2) is 10.4. The Balaban J connectivity index is 1.38. The van der Waals surface area contributed by atoms with Crippen LogP contribution in [0.1, 0.15) is 30.4 Å². The van der Waals surface area contributed by atoms with Gasteiger partial charge in [-0.1, -0.05) is 47.6 Å². The van der Waals surface area contributed by atoms with Gasteiger partial charge >= 0.3 is 0 Å². The van der Waals surface area contributed by atoms with E-state index in [0.29, 0.717) is 30.8 Å². The second-order valence-corrected chi connectivity index (χ2v) is 7.98. The third kappa shape index (κ3) is 5.70. The standard InChI is InChI=1S/C24H26FN3O4/c25-18-9-4-8-17(13-18)20-14-22(32-28-20)24(30)27-21(12-16-6-2-1-3-7-16)23(29)26-15-19-10-5-11-31-19/h1-4,6-9,13,19,21-22H,5,10-12,14-15H2,(H,26,29)(H,27,30). The molecule has 2 aliphatic heterocycles. The van der Waals surface area contributed by atoms with Gasteiger partial charge < -0.3 is 20.2 Å². The molecule has 2 N–H and O–H groups in total. The van der Waals surface area contributed by atoms with E-state index in [1.54, 1.807) is 12.1 Å². The average Bonchev–Trinajstić information content (AvgIpc) is 3.50. The molecule has 0 aromatic heterocycles. The molecule has 3 unspecified atom stereocenters. The summed E-state index contributed by atoms with van der Waals surface area (Å²) in [6.07, 6.45) is 1.56. The van der Waals surface area contributed by atoms with E-state index in [4.69, 9.17) is 9.57 Å². The van der Waals surface area contributed by atoms with Crippen LogP contribution >= 0.6 is 0 Å². The molecule has 8 heteroatoms. The molecular formula is C24H26FN3O4. The zero-order valence-corrected chi connectivity index (χ0v) is 17.6. The zero-order chi connectivity index (χ0) is 22.3. The largest absolute Gasteiger partial charge is 0.382 e. The Bertz CT molecular complexity index is 976. The van der Waals surface area contributed by atoms with Crippen molar-refractivity contribution in [2.24, 2.45) is 5.16 Å². The smallest absolute Gasteiger partial charge is 0.265 e. The summed E-state index contributed by atoms with van der Waals surface area (Å²) in [4.78, 5) is 31.0. The van der Waals surface area contributed by atoms with Crippen LogP contribution in [0.2, 0.25) is 0 Å². The highest BCUT2D eigenvalue weighted by molar-refractivity contribution is 6.04. The minimum absolute atomic E-state index is 0.00687. The van der Waals surface area contributed by atoms with Crippen molar-refractivity contribution in [1.82, 2.24) is 10.6 Å². The van der Waals surface area contributed by atoms with Gasteiger partial charge in [0, 0.05) is 31.6 Å². The third-order valence-electron chi connectivity index (χ3n) is 5.56. The van der Waals surface area contributed by atoms with Crippen LogP contribution in [0.3, 0.4) is 0 Å². The minimum Gasteiger partial charge on any atom is -0.382 e. The van der Waals surface area contributed by atoms with Crippen LogP contribution in [0.25, 0.3) is 0 Å². The van der Waals surface area contributed by atoms with E-state index < -0.39 is 18.1 Å². The number of hydrogen-bond acceptors (Lipinski definition) is 5. The van der Waals surface area contributed by atoms with E-state index in [-0.39, 0.29) is 24.2 Å². The summed E-state index contributed by atoms with van der Waals surface area (Å²) in [5, 5.41) is 9.64. The number of oxime groups is 1. The second-order valence-electron chi connectivity index (χ2n) is 7.98. The summed E-state index contributed by atoms with van der Waals surface area (Å²) >= 11 is 0. The third-order valence-corrected chi connectivity index (χ3v) is 5.56. The molecule has 1 fully saturated rings. The van der Waals surface area contributed by atoms with Crippen molar-refractivity contribution < 1.29 is 23.6 Å². The number of amides is 2. The lowest BCUT2D eigenvalue weighted by atomic mass is 10.0. The molecule has 0 aliphatic carbocycles. The summed E-state index contributed by atoms with van der Waals surface area (Å²) in [6.45, 7) is 1.12. The monoisotopic (exact) mass is 439 g/mol. The van der Waals surface area contributed by atoms with Gasteiger partial charge in [-0.2, -0.15) is 0 Å². The molecule has 3 atom stereocenters. The molecule has 0 spiro atoms. The van der Waals surface area contributed by atoms with Gasteiger partial charge in [0.05, 0.1) is 11.8 Å². The lowest BCUT2D eigenvalue weighted by Crippen LogP contribution is -2.51. The molecule has 2 heterocycles. The summed E-state index contributed by atoms with van der Waals surface area (Å²) in [5.74, 6) is -1.10. The molecule has 2 aliphatic rings. The Kier molecular flexibility index (Phi) is 7.11. The first-order valence-corrected chi connectivity index (χ1v) is 10.8. The van der Waals surface area contributed by atoms with Gasteiger partial charge in [0.15, 0.2) is 0 Å². The first kappa shape index (κ1) is 22.0. The van der Waals surface area contributed by atoms with E-state index in [1.807, 2.05) is 30.3 Å². The van der Waals surface area contributed by atoms with E-state index in [1.165, 1.54) is 12.1 Å². The Hall–Kier alpha value is -3.26. The summed E-state index contributed by atoms with van der Waals surface area (Å²) in [5.41, 5.74) is 1.98. The Labute approximate surface area is 186 Å². The van der Waals surface area contributed by atoms with Gasteiger partial charge in [0.25, 0.3) is 5.91 Å². The quantitative estimate of drug-likeness (QED) is 0.661. The van der Waals surface area contributed by atoms with Gasteiger partial charge in [-0.05, 0) is 30.5 Å². The van der Waals surface area contributed by atoms with Crippen molar-refractivity contribution in [1.29, 1.82) is 0 Å². The molecule has 0 saturated carbocycles. The summed E-state index contributed by atoms with van der Waals surface area (Å²) in [6, 6.07) is 14.7. The molecule has 4 rings (SSSR count). The van der Waals surface area contributed by atoms with Crippen LogP contribution < -0.4 is 10.6 Å². The Morgan fingerprint density at radius 2 is 2.00 bits per heavy atom. The van der Waals surface area contributed by atoms with Crippen LogP contribution in [0.15, 0.2) is 59.8 Å². The number of rotatable bonds is 8. The van der Waals surface area contributed by atoms with Crippen LogP contribution in [0.4, 0.5) is 4.39 Å². The maximum absolute atomic E-state index is 13.5. The van der Waals surface area contributed by atoms with Crippen LogP contribution in [-0.2, 0) is 25.6 Å². The predicted molar refractivity (Wildman–Crippen MR) is 116 cm³/mol. The van der Waals surface area contributed by atoms with E-state index in [9.17, 15) is 14.0 Å². The van der Waals surface area contributed by atoms with Gasteiger partial charge in [-0.25, -0.2) is 4.39 Å². The van der Waals surface area contributed by atoms with Crippen molar-refractivity contribution in [2.75, 3.05) is 13.2 Å². The normalized spacial score (nSPS) is 20.8. The summed E-state index contributed by atoms with van der Waals surface area (Å²) < 4.78 is 19.1. The molecule has 2 aromatic carbocycles. The fourth-order valence-electron chi connectivity index (χ4n) is 3.82. The maximum atomic E-state index is 13.5. The lowest BCUT2D eigenvalue weighted by Gasteiger charge is -2.21. The van der Waals surface area contributed by atoms with E-state index in [0.717, 1.165) is 18.4 Å². The maximum Gasteiger partial charge on any atom is 0.265 e. The number of carbonyl (C=O) groups excluding carboxylic acids is 2. The highest BCUT2D eigenvalue weighted by Gasteiger charge is 2.32. The number of ether oxygens (including phenoxy) is 1. The number of halogens is 1. The number of hydrogen-bond donors (Lipinski definition) is 2. The van der Waals surface area contributed by atoms with E-state index >= 15 is 0 Å². The van der Waals surface area contributed by atoms with E-state index in [2.05, 4.69) is 15.8 Å². The topological polar surface area (TPSA) is 89.0 Å². The first-order chi connectivity index (χ1) is 15.6. The fraction of sp³-hybridized carbons (Fsp3) is 0.375. The highest BCUT2D eigenvalue weighted by atomic mass is 19.1. The van der Waals surface area contributed by atoms with Crippen LogP contribution in [0.5, 0.6) is 0 Å². The van der Waals surface area contributed by atoms with Crippen LogP contribution in [0, 0.1) is 5.82 Å². The minimum atomic E-state index is -0.877. The highest BCUT2D eigenvalue weighted by Crippen LogP contribution is 2.18. The number of nitrogens with one attached hydrogen (secondary N) is 2. The van der Waals surface area contributed by atoms with Gasteiger partial charge in [-0.15, -0.1) is 0 Å². The zero-order valence-electron chi connectivity index (χ0n) is 17.6. The molecule has 2 amide bonds. The van der Waals surface area contributed by atoms with Gasteiger partial charge in [-0.3, -0.25) is 9.59 Å². The number of carbonyl (C=O) groups is 2. The molecular weight excluding hydrogens is 413 g/mol. The molecule has 2 aromatic rings. The van der Waals surface area contributed by atoms with Crippen molar-refractivity contribution in [3.63, 3.8) is 0 Å². The van der Waals surface area contributed by atoms with Crippen molar-refractivity contribution in [2.45, 2.75) is 43.9 Å². The van der Waals surface area contributed by atoms with Crippen molar-refractivity contribution in [3.8, 4) is 0 Å².